The molecule has 1 saturated carbocycles. The van der Waals surface area contributed by atoms with Gasteiger partial charge in [-0.25, -0.2) is 13.1 Å². The zero-order valence-electron chi connectivity index (χ0n) is 29.7. The Bertz CT molecular complexity index is 1710. The van der Waals surface area contributed by atoms with Gasteiger partial charge < -0.3 is 19.1 Å². The van der Waals surface area contributed by atoms with E-state index in [1.165, 1.54) is 11.1 Å². The topological polar surface area (TPSA) is 97.4 Å². The van der Waals surface area contributed by atoms with E-state index < -0.39 is 26.8 Å². The van der Waals surface area contributed by atoms with Gasteiger partial charge in [-0.3, -0.25) is 9.69 Å². The molecule has 7 rings (SSSR count). The van der Waals surface area contributed by atoms with E-state index in [0.717, 1.165) is 88.8 Å². The summed E-state index contributed by atoms with van der Waals surface area (Å²) in [5.74, 6) is 0.519. The number of sulfonamides is 1. The molecule has 5 aliphatic rings. The molecule has 1 N–H and O–H groups in total. The Balaban J connectivity index is 1.26. The second kappa shape index (κ2) is 14.4. The molecule has 11 heteroatoms. The Hall–Kier alpha value is -2.63. The summed E-state index contributed by atoms with van der Waals surface area (Å²) in [4.78, 5) is 18.4. The number of halogens is 1. The van der Waals surface area contributed by atoms with Gasteiger partial charge in [0.1, 0.15) is 5.75 Å². The molecule has 50 heavy (non-hydrogen) atoms. The predicted octanol–water partition coefficient (Wildman–Crippen LogP) is 5.99. The first-order valence-corrected chi connectivity index (χ1v) is 20.4. The summed E-state index contributed by atoms with van der Waals surface area (Å²) in [5.41, 5.74) is 2.92. The number of morpholine rings is 1. The van der Waals surface area contributed by atoms with Crippen LogP contribution in [0.5, 0.6) is 5.75 Å². The van der Waals surface area contributed by atoms with E-state index in [0.29, 0.717) is 36.9 Å². The third-order valence-corrected chi connectivity index (χ3v) is 14.5. The standard InChI is InChI=1S/C39H52ClN3O6S/c1-27-6-4-14-38(3,49-21-18-42-16-19-47-20-17-42)33-11-8-31(33)24-43-25-39(15-5-7-29-22-32(40)10-12-34(29)39)26-48-36-13-9-30(23-35(36)43)37(44)41-50(45,46)28(27)2/h4,9-10,12-14,22-23,27-28,31,33H,5-8,11,15-21,24-26H2,1-3H3,(H,41,44)/b14-4+/t27-,28+,31-,33+,38+,39-/m0/s1. The minimum Gasteiger partial charge on any atom is -0.490 e. The van der Waals surface area contributed by atoms with Gasteiger partial charge in [0.15, 0.2) is 0 Å². The van der Waals surface area contributed by atoms with Crippen LogP contribution in [0.25, 0.3) is 0 Å². The molecule has 2 bridgehead atoms. The summed E-state index contributed by atoms with van der Waals surface area (Å²) in [6.07, 6.45) is 10.00. The third-order valence-electron chi connectivity index (χ3n) is 12.3. The molecule has 9 nitrogen and oxygen atoms in total. The van der Waals surface area contributed by atoms with Crippen molar-refractivity contribution >= 4 is 33.2 Å². The van der Waals surface area contributed by atoms with Crippen molar-refractivity contribution in [1.29, 1.82) is 0 Å². The number of carbonyl (C=O) groups excluding carboxylic acids is 1. The number of anilines is 1. The average molecular weight is 726 g/mol. The van der Waals surface area contributed by atoms with Gasteiger partial charge in [-0.2, -0.15) is 0 Å². The molecule has 2 aromatic rings. The minimum absolute atomic E-state index is 0.209. The van der Waals surface area contributed by atoms with E-state index in [-0.39, 0.29) is 17.3 Å². The molecule has 0 radical (unpaired) electrons. The van der Waals surface area contributed by atoms with Crippen molar-refractivity contribution in [3.8, 4) is 5.75 Å². The van der Waals surface area contributed by atoms with Gasteiger partial charge in [0, 0.05) is 48.7 Å². The molecule has 0 unspecified atom stereocenters. The molecular formula is C39H52ClN3O6S. The molecule has 1 amide bonds. The monoisotopic (exact) mass is 725 g/mol. The number of benzene rings is 2. The lowest BCUT2D eigenvalue weighted by molar-refractivity contribution is -0.0937. The molecule has 2 aromatic carbocycles. The second-order valence-electron chi connectivity index (χ2n) is 15.5. The van der Waals surface area contributed by atoms with Crippen molar-refractivity contribution in [2.24, 2.45) is 17.8 Å². The quantitative estimate of drug-likeness (QED) is 0.384. The normalized spacial score (nSPS) is 33.6. The number of aryl methyl sites for hydroxylation is 1. The van der Waals surface area contributed by atoms with Gasteiger partial charge >= 0.3 is 0 Å². The highest BCUT2D eigenvalue weighted by atomic mass is 35.5. The van der Waals surface area contributed by atoms with Crippen LogP contribution in [-0.2, 0) is 31.3 Å². The maximum absolute atomic E-state index is 13.6. The van der Waals surface area contributed by atoms with Crippen molar-refractivity contribution in [3.63, 3.8) is 0 Å². The summed E-state index contributed by atoms with van der Waals surface area (Å²) < 4.78 is 48.5. The fourth-order valence-electron chi connectivity index (χ4n) is 8.87. The number of ether oxygens (including phenoxy) is 3. The van der Waals surface area contributed by atoms with E-state index in [2.05, 4.69) is 45.7 Å². The molecule has 6 atom stereocenters. The molecule has 3 heterocycles. The Kier molecular flexibility index (Phi) is 10.3. The molecule has 272 valence electrons. The van der Waals surface area contributed by atoms with Crippen molar-refractivity contribution < 1.29 is 27.4 Å². The van der Waals surface area contributed by atoms with E-state index in [9.17, 15) is 13.2 Å². The molecule has 0 aromatic heterocycles. The number of amides is 1. The van der Waals surface area contributed by atoms with Crippen LogP contribution >= 0.6 is 11.6 Å². The fourth-order valence-corrected chi connectivity index (χ4v) is 10.4. The van der Waals surface area contributed by atoms with Gasteiger partial charge in [0.05, 0.1) is 43.0 Å². The Labute approximate surface area is 302 Å². The van der Waals surface area contributed by atoms with Crippen molar-refractivity contribution in [2.45, 2.75) is 75.6 Å². The van der Waals surface area contributed by atoms with Crippen LogP contribution < -0.4 is 14.4 Å². The van der Waals surface area contributed by atoms with E-state index in [4.69, 9.17) is 25.8 Å². The summed E-state index contributed by atoms with van der Waals surface area (Å²) in [6, 6.07) is 11.6. The van der Waals surface area contributed by atoms with Gasteiger partial charge in [-0.05, 0) is 112 Å². The van der Waals surface area contributed by atoms with Gasteiger partial charge in [-0.15, -0.1) is 0 Å². The zero-order valence-corrected chi connectivity index (χ0v) is 31.2. The number of nitrogens with one attached hydrogen (secondary N) is 1. The zero-order chi connectivity index (χ0) is 35.1. The van der Waals surface area contributed by atoms with Crippen LogP contribution in [0.2, 0.25) is 5.02 Å². The van der Waals surface area contributed by atoms with Crippen LogP contribution in [0.3, 0.4) is 0 Å². The molecule has 1 spiro atoms. The average Bonchev–Trinajstić information content (AvgIpc) is 3.22. The van der Waals surface area contributed by atoms with Crippen molar-refractivity contribution in [3.05, 3.63) is 70.3 Å². The fraction of sp³-hybridized carbons (Fsp3) is 0.615. The van der Waals surface area contributed by atoms with Crippen LogP contribution in [0, 0.1) is 17.8 Å². The highest BCUT2D eigenvalue weighted by Crippen LogP contribution is 2.49. The largest absolute Gasteiger partial charge is 0.490 e. The number of carbonyl (C=O) groups is 1. The molecular weight excluding hydrogens is 674 g/mol. The number of nitrogens with zero attached hydrogens (tertiary/aromatic N) is 2. The Morgan fingerprint density at radius 1 is 1.10 bits per heavy atom. The molecule has 1 saturated heterocycles. The maximum atomic E-state index is 13.6. The van der Waals surface area contributed by atoms with E-state index in [1.54, 1.807) is 13.0 Å². The lowest BCUT2D eigenvalue weighted by Crippen LogP contribution is -2.52. The number of hydrogen-bond donors (Lipinski definition) is 1. The van der Waals surface area contributed by atoms with Gasteiger partial charge in [-0.1, -0.05) is 36.7 Å². The summed E-state index contributed by atoms with van der Waals surface area (Å²) >= 11 is 6.47. The third kappa shape index (κ3) is 7.20. The molecule has 2 fully saturated rings. The van der Waals surface area contributed by atoms with Crippen molar-refractivity contribution in [1.82, 2.24) is 9.62 Å². The van der Waals surface area contributed by atoms with Gasteiger partial charge in [0.2, 0.25) is 10.0 Å². The molecule has 2 aliphatic carbocycles. The van der Waals surface area contributed by atoms with Crippen LogP contribution in [-0.4, -0.2) is 89.2 Å². The number of fused-ring (bicyclic) bond motifs is 4. The van der Waals surface area contributed by atoms with Gasteiger partial charge in [0.25, 0.3) is 5.91 Å². The Morgan fingerprint density at radius 3 is 2.70 bits per heavy atom. The van der Waals surface area contributed by atoms with E-state index >= 15 is 0 Å². The van der Waals surface area contributed by atoms with Crippen molar-refractivity contribution in [2.75, 3.05) is 64.1 Å². The highest BCUT2D eigenvalue weighted by Gasteiger charge is 2.47. The highest BCUT2D eigenvalue weighted by molar-refractivity contribution is 7.90. The smallest absolute Gasteiger partial charge is 0.264 e. The van der Waals surface area contributed by atoms with Crippen LogP contribution in [0.1, 0.15) is 74.4 Å². The summed E-state index contributed by atoms with van der Waals surface area (Å²) in [5, 5.41) is -0.0226. The lowest BCUT2D eigenvalue weighted by Gasteiger charge is -2.50. The predicted molar refractivity (Wildman–Crippen MR) is 197 cm³/mol. The van der Waals surface area contributed by atoms with Crippen LogP contribution in [0.15, 0.2) is 48.6 Å². The maximum Gasteiger partial charge on any atom is 0.264 e. The van der Waals surface area contributed by atoms with Crippen LogP contribution in [0.4, 0.5) is 5.69 Å². The SMILES string of the molecule is C[C@@H]1[C@@H](C)C/C=C/[C@@](C)(OCCN2CCOCC2)[C@@H]2CC[C@H]2CN2C[C@@]3(CCCc4cc(Cl)ccc43)COc3ccc(cc32)C(=O)NS1(=O)=O. The minimum atomic E-state index is -3.94. The van der Waals surface area contributed by atoms with E-state index in [1.807, 2.05) is 25.1 Å². The summed E-state index contributed by atoms with van der Waals surface area (Å²) in [6.45, 7) is 12.6. The molecule has 3 aliphatic heterocycles. The lowest BCUT2D eigenvalue weighted by atomic mass is 9.64. The number of allylic oxidation sites excluding steroid dienone is 1. The second-order valence-corrected chi connectivity index (χ2v) is 18.0. The first-order chi connectivity index (χ1) is 24.0. The number of hydrogen-bond acceptors (Lipinski definition) is 8. The summed E-state index contributed by atoms with van der Waals surface area (Å²) in [7, 11) is -3.94. The first-order valence-electron chi connectivity index (χ1n) is 18.4. The first kappa shape index (κ1) is 35.8. The number of rotatable bonds is 4. The Morgan fingerprint density at radius 2 is 1.92 bits per heavy atom.